The van der Waals surface area contributed by atoms with Gasteiger partial charge in [0.15, 0.2) is 11.2 Å². The molecule has 0 aliphatic heterocycles. The monoisotopic (exact) mass is 314 g/mol. The van der Waals surface area contributed by atoms with E-state index in [2.05, 4.69) is 4.98 Å². The highest BCUT2D eigenvalue weighted by Crippen LogP contribution is 2.20. The molecule has 2 aromatic rings. The van der Waals surface area contributed by atoms with E-state index in [-0.39, 0.29) is 22.3 Å². The van der Waals surface area contributed by atoms with E-state index in [0.29, 0.717) is 0 Å². The Kier molecular flexibility index (Phi) is 3.89. The fourth-order valence-corrected chi connectivity index (χ4v) is 1.73. The third kappa shape index (κ3) is 3.08. The third-order valence-corrected chi connectivity index (χ3v) is 2.75. The van der Waals surface area contributed by atoms with Gasteiger partial charge in [0.2, 0.25) is 0 Å². The Morgan fingerprint density at radius 2 is 1.91 bits per heavy atom. The number of H-pyrrole nitrogens is 1. The van der Waals surface area contributed by atoms with Crippen LogP contribution in [0.4, 0.5) is 18.9 Å². The summed E-state index contributed by atoms with van der Waals surface area (Å²) >= 11 is 0. The number of methoxy groups -OCH3 is 1. The maximum absolute atomic E-state index is 12.2. The third-order valence-electron chi connectivity index (χ3n) is 2.75. The van der Waals surface area contributed by atoms with Gasteiger partial charge in [0, 0.05) is 17.1 Å². The Labute approximate surface area is 120 Å². The Morgan fingerprint density at radius 1 is 1.23 bits per heavy atom. The van der Waals surface area contributed by atoms with E-state index in [4.69, 9.17) is 4.74 Å². The standard InChI is InChI=1S/C13H9F3N2O4/c1-22-10-5-9(19)7-4-6(17-12(21)13(14,15)16)2-3-8(7)18-11(10)20/h2-5H,1H3,(H,17,21)(H,18,20). The summed E-state index contributed by atoms with van der Waals surface area (Å²) in [5, 5.41) is 1.56. The number of nitrogens with one attached hydrogen (secondary N) is 2. The first-order valence-corrected chi connectivity index (χ1v) is 5.86. The van der Waals surface area contributed by atoms with Crippen molar-refractivity contribution in [1.29, 1.82) is 0 Å². The summed E-state index contributed by atoms with van der Waals surface area (Å²) in [5.41, 5.74) is -1.43. The highest BCUT2D eigenvalue weighted by molar-refractivity contribution is 5.96. The van der Waals surface area contributed by atoms with Crippen molar-refractivity contribution in [1.82, 2.24) is 4.98 Å². The average molecular weight is 314 g/mol. The van der Waals surface area contributed by atoms with Crippen molar-refractivity contribution in [2.45, 2.75) is 6.18 Å². The van der Waals surface area contributed by atoms with Crippen molar-refractivity contribution >= 4 is 22.5 Å². The zero-order chi connectivity index (χ0) is 16.5. The molecule has 1 aromatic heterocycles. The Balaban J connectivity index is 2.59. The van der Waals surface area contributed by atoms with Crippen molar-refractivity contribution in [3.8, 4) is 5.75 Å². The molecule has 0 fully saturated rings. The van der Waals surface area contributed by atoms with Gasteiger partial charge in [-0.15, -0.1) is 0 Å². The molecule has 9 heteroatoms. The zero-order valence-electron chi connectivity index (χ0n) is 11.1. The molecule has 0 atom stereocenters. The number of halogens is 3. The van der Waals surface area contributed by atoms with Gasteiger partial charge in [-0.3, -0.25) is 14.4 Å². The molecule has 0 aliphatic carbocycles. The van der Waals surface area contributed by atoms with Crippen LogP contribution in [0, 0.1) is 0 Å². The number of aromatic nitrogens is 1. The molecule has 1 heterocycles. The predicted molar refractivity (Wildman–Crippen MR) is 72.1 cm³/mol. The Hall–Kier alpha value is -2.84. The smallest absolute Gasteiger partial charge is 0.471 e. The zero-order valence-corrected chi connectivity index (χ0v) is 11.1. The normalized spacial score (nSPS) is 11.3. The van der Waals surface area contributed by atoms with E-state index in [9.17, 15) is 27.6 Å². The molecule has 0 saturated carbocycles. The predicted octanol–water partition coefficient (Wildman–Crippen LogP) is 1.40. The van der Waals surface area contributed by atoms with Crippen LogP contribution in [0.2, 0.25) is 0 Å². The van der Waals surface area contributed by atoms with Crippen LogP contribution < -0.4 is 21.0 Å². The molecule has 1 amide bonds. The molecule has 0 spiro atoms. The van der Waals surface area contributed by atoms with E-state index in [1.54, 1.807) is 5.32 Å². The van der Waals surface area contributed by atoms with E-state index < -0.39 is 23.1 Å². The molecule has 6 nitrogen and oxygen atoms in total. The van der Waals surface area contributed by atoms with Crippen LogP contribution in [0.25, 0.3) is 10.9 Å². The molecule has 0 radical (unpaired) electrons. The first kappa shape index (κ1) is 15.5. The minimum absolute atomic E-state index is 0.0691. The number of ether oxygens (including phenoxy) is 1. The Morgan fingerprint density at radius 3 is 2.50 bits per heavy atom. The minimum Gasteiger partial charge on any atom is -0.491 e. The highest BCUT2D eigenvalue weighted by Gasteiger charge is 2.38. The van der Waals surface area contributed by atoms with Crippen LogP contribution in [0.1, 0.15) is 0 Å². The molecule has 1 aromatic carbocycles. The number of hydrogen-bond donors (Lipinski definition) is 2. The quantitative estimate of drug-likeness (QED) is 0.877. The largest absolute Gasteiger partial charge is 0.491 e. The summed E-state index contributed by atoms with van der Waals surface area (Å²) in [5.74, 6) is -2.40. The number of carbonyl (C=O) groups is 1. The lowest BCUT2D eigenvalue weighted by Crippen LogP contribution is -2.29. The van der Waals surface area contributed by atoms with E-state index in [1.165, 1.54) is 13.2 Å². The van der Waals surface area contributed by atoms with E-state index in [0.717, 1.165) is 18.2 Å². The van der Waals surface area contributed by atoms with Crippen molar-refractivity contribution < 1.29 is 22.7 Å². The molecule has 116 valence electrons. The number of benzene rings is 1. The van der Waals surface area contributed by atoms with Gasteiger partial charge in [-0.2, -0.15) is 13.2 Å². The fraction of sp³-hybridized carbons (Fsp3) is 0.154. The fourth-order valence-electron chi connectivity index (χ4n) is 1.73. The van der Waals surface area contributed by atoms with E-state index >= 15 is 0 Å². The number of anilines is 1. The molecule has 22 heavy (non-hydrogen) atoms. The second kappa shape index (κ2) is 5.51. The summed E-state index contributed by atoms with van der Waals surface area (Å²) in [6.07, 6.45) is -5.05. The van der Waals surface area contributed by atoms with Crippen LogP contribution in [-0.2, 0) is 4.79 Å². The first-order valence-electron chi connectivity index (χ1n) is 5.86. The number of rotatable bonds is 2. The second-order valence-corrected chi connectivity index (χ2v) is 4.24. The average Bonchev–Trinajstić information content (AvgIpc) is 2.55. The molecule has 0 unspecified atom stereocenters. The van der Waals surface area contributed by atoms with Crippen molar-refractivity contribution in [3.63, 3.8) is 0 Å². The van der Waals surface area contributed by atoms with Gasteiger partial charge in [-0.25, -0.2) is 0 Å². The SMILES string of the molecule is COc1cc(=O)c2cc(NC(=O)C(F)(F)F)ccc2[nH]c1=O. The van der Waals surface area contributed by atoms with Gasteiger partial charge >= 0.3 is 12.1 Å². The molecular formula is C13H9F3N2O4. The minimum atomic E-state index is -5.05. The molecular weight excluding hydrogens is 305 g/mol. The maximum atomic E-state index is 12.2. The van der Waals surface area contributed by atoms with Gasteiger partial charge in [0.25, 0.3) is 5.56 Å². The van der Waals surface area contributed by atoms with Crippen LogP contribution >= 0.6 is 0 Å². The lowest BCUT2D eigenvalue weighted by molar-refractivity contribution is -0.167. The van der Waals surface area contributed by atoms with Crippen molar-refractivity contribution in [2.75, 3.05) is 12.4 Å². The lowest BCUT2D eigenvalue weighted by Gasteiger charge is -2.07. The number of aromatic amines is 1. The summed E-state index contributed by atoms with van der Waals surface area (Å²) in [6, 6.07) is 4.30. The van der Waals surface area contributed by atoms with Crippen LogP contribution in [0.5, 0.6) is 5.75 Å². The van der Waals surface area contributed by atoms with Gasteiger partial charge < -0.3 is 15.0 Å². The van der Waals surface area contributed by atoms with Gasteiger partial charge in [-0.05, 0) is 18.2 Å². The molecule has 2 rings (SSSR count). The highest BCUT2D eigenvalue weighted by atomic mass is 19.4. The Bertz CT molecular complexity index is 858. The van der Waals surface area contributed by atoms with Crippen LogP contribution in [0.3, 0.4) is 0 Å². The topological polar surface area (TPSA) is 88.3 Å². The maximum Gasteiger partial charge on any atom is 0.471 e. The van der Waals surface area contributed by atoms with Gasteiger partial charge in [-0.1, -0.05) is 0 Å². The lowest BCUT2D eigenvalue weighted by atomic mass is 10.2. The number of hydrogen-bond acceptors (Lipinski definition) is 4. The first-order chi connectivity index (χ1) is 10.2. The summed E-state index contributed by atoms with van der Waals surface area (Å²) in [4.78, 5) is 36.9. The van der Waals surface area contributed by atoms with E-state index in [1.807, 2.05) is 0 Å². The van der Waals surface area contributed by atoms with Crippen LogP contribution in [-0.4, -0.2) is 24.2 Å². The van der Waals surface area contributed by atoms with Crippen LogP contribution in [0.15, 0.2) is 33.9 Å². The molecule has 0 bridgehead atoms. The molecule has 0 saturated heterocycles. The summed E-state index contributed by atoms with van der Waals surface area (Å²) in [7, 11) is 1.20. The summed E-state index contributed by atoms with van der Waals surface area (Å²) in [6.45, 7) is 0. The molecule has 2 N–H and O–H groups in total. The number of amides is 1. The second-order valence-electron chi connectivity index (χ2n) is 4.24. The summed E-state index contributed by atoms with van der Waals surface area (Å²) < 4.78 is 41.3. The van der Waals surface area contributed by atoms with Crippen molar-refractivity contribution in [2.24, 2.45) is 0 Å². The number of alkyl halides is 3. The molecule has 0 aliphatic rings. The number of fused-ring (bicyclic) bond motifs is 1. The van der Waals surface area contributed by atoms with Gasteiger partial charge in [0.05, 0.1) is 12.6 Å². The van der Waals surface area contributed by atoms with Crippen molar-refractivity contribution in [3.05, 3.63) is 44.8 Å². The van der Waals surface area contributed by atoms with Gasteiger partial charge in [0.1, 0.15) is 0 Å². The number of carbonyl (C=O) groups excluding carboxylic acids is 1.